The highest BCUT2D eigenvalue weighted by molar-refractivity contribution is 6.31. The standard InChI is InChI=1S/C18H26ClFN4O/c1-4-8-22-18(21-3)23-11-16(24-9-10-25-13(2)12-24)17-14(19)6-5-7-15(17)20/h4-7,13,16H,1,8-12H2,2-3H3,(H2,21,22,23). The van der Waals surface area contributed by atoms with Crippen LogP contribution >= 0.6 is 11.6 Å². The molecule has 138 valence electrons. The second kappa shape index (κ2) is 9.75. The topological polar surface area (TPSA) is 48.9 Å². The Labute approximate surface area is 153 Å². The lowest BCUT2D eigenvalue weighted by Crippen LogP contribution is -2.48. The molecule has 0 spiro atoms. The fourth-order valence-corrected chi connectivity index (χ4v) is 3.24. The van der Waals surface area contributed by atoms with Crippen molar-refractivity contribution in [1.82, 2.24) is 15.5 Å². The van der Waals surface area contributed by atoms with Gasteiger partial charge in [-0.1, -0.05) is 23.7 Å². The maximum absolute atomic E-state index is 14.5. The molecule has 1 heterocycles. The van der Waals surface area contributed by atoms with Gasteiger partial charge in [0.2, 0.25) is 0 Å². The zero-order valence-corrected chi connectivity index (χ0v) is 15.5. The van der Waals surface area contributed by atoms with Crippen molar-refractivity contribution in [2.24, 2.45) is 4.99 Å². The van der Waals surface area contributed by atoms with Gasteiger partial charge in [-0.2, -0.15) is 0 Å². The molecule has 2 unspecified atom stereocenters. The van der Waals surface area contributed by atoms with Gasteiger partial charge in [0.25, 0.3) is 0 Å². The molecule has 2 rings (SSSR count). The first-order valence-electron chi connectivity index (χ1n) is 8.41. The molecule has 0 radical (unpaired) electrons. The summed E-state index contributed by atoms with van der Waals surface area (Å²) in [4.78, 5) is 6.37. The predicted octanol–water partition coefficient (Wildman–Crippen LogP) is 2.59. The first-order chi connectivity index (χ1) is 12.1. The molecule has 0 aliphatic carbocycles. The molecule has 1 aliphatic heterocycles. The number of aliphatic imine (C=N–C) groups is 1. The second-order valence-corrected chi connectivity index (χ2v) is 6.36. The highest BCUT2D eigenvalue weighted by Crippen LogP contribution is 2.30. The molecule has 2 N–H and O–H groups in total. The van der Waals surface area contributed by atoms with Crippen LogP contribution in [0.5, 0.6) is 0 Å². The van der Waals surface area contributed by atoms with Crippen molar-refractivity contribution in [2.45, 2.75) is 19.1 Å². The molecule has 1 saturated heterocycles. The number of ether oxygens (including phenoxy) is 1. The van der Waals surface area contributed by atoms with Gasteiger partial charge >= 0.3 is 0 Å². The first-order valence-corrected chi connectivity index (χ1v) is 8.79. The molecular formula is C18H26ClFN4O. The van der Waals surface area contributed by atoms with Gasteiger partial charge in [-0.05, 0) is 19.1 Å². The fourth-order valence-electron chi connectivity index (χ4n) is 2.95. The van der Waals surface area contributed by atoms with Crippen molar-refractivity contribution in [2.75, 3.05) is 39.8 Å². The van der Waals surface area contributed by atoms with Gasteiger partial charge in [0, 0.05) is 43.8 Å². The van der Waals surface area contributed by atoms with Crippen molar-refractivity contribution < 1.29 is 9.13 Å². The van der Waals surface area contributed by atoms with E-state index in [9.17, 15) is 4.39 Å². The summed E-state index contributed by atoms with van der Waals surface area (Å²) in [6, 6.07) is 4.57. The Balaban J connectivity index is 2.21. The fraction of sp³-hybridized carbons (Fsp3) is 0.500. The Morgan fingerprint density at radius 2 is 2.36 bits per heavy atom. The maximum Gasteiger partial charge on any atom is 0.191 e. The number of nitrogens with zero attached hydrogens (tertiary/aromatic N) is 2. The molecule has 2 atom stereocenters. The lowest BCUT2D eigenvalue weighted by atomic mass is 10.0. The summed E-state index contributed by atoms with van der Waals surface area (Å²) in [7, 11) is 1.69. The van der Waals surface area contributed by atoms with Crippen LogP contribution in [0.25, 0.3) is 0 Å². The van der Waals surface area contributed by atoms with Crippen LogP contribution in [0.4, 0.5) is 4.39 Å². The summed E-state index contributed by atoms with van der Waals surface area (Å²) >= 11 is 6.33. The minimum Gasteiger partial charge on any atom is -0.376 e. The molecule has 1 aromatic carbocycles. The van der Waals surface area contributed by atoms with E-state index in [1.54, 1.807) is 25.3 Å². The van der Waals surface area contributed by atoms with Gasteiger partial charge in [-0.15, -0.1) is 6.58 Å². The summed E-state index contributed by atoms with van der Waals surface area (Å²) in [5.41, 5.74) is 0.505. The van der Waals surface area contributed by atoms with Crippen LogP contribution in [0.2, 0.25) is 5.02 Å². The SMILES string of the molecule is C=CCNC(=NC)NCC(c1c(F)cccc1Cl)N1CCOC(C)C1. The van der Waals surface area contributed by atoms with Crippen molar-refractivity contribution in [1.29, 1.82) is 0 Å². The van der Waals surface area contributed by atoms with Crippen molar-refractivity contribution >= 4 is 17.6 Å². The molecule has 1 aliphatic rings. The van der Waals surface area contributed by atoms with Gasteiger partial charge in [-0.25, -0.2) is 4.39 Å². The van der Waals surface area contributed by atoms with Crippen LogP contribution in [0.3, 0.4) is 0 Å². The molecule has 7 heteroatoms. The second-order valence-electron chi connectivity index (χ2n) is 5.95. The van der Waals surface area contributed by atoms with Gasteiger partial charge < -0.3 is 15.4 Å². The molecule has 0 aromatic heterocycles. The summed E-state index contributed by atoms with van der Waals surface area (Å²) in [6.07, 6.45) is 1.85. The third-order valence-corrected chi connectivity index (χ3v) is 4.48. The Hall–Kier alpha value is -1.63. The molecule has 1 aromatic rings. The summed E-state index contributed by atoms with van der Waals surface area (Å²) in [6.45, 7) is 8.83. The molecule has 5 nitrogen and oxygen atoms in total. The quantitative estimate of drug-likeness (QED) is 0.460. The van der Waals surface area contributed by atoms with E-state index in [-0.39, 0.29) is 18.0 Å². The van der Waals surface area contributed by atoms with Crippen LogP contribution in [0, 0.1) is 5.82 Å². The zero-order valence-electron chi connectivity index (χ0n) is 14.8. The van der Waals surface area contributed by atoms with E-state index in [1.165, 1.54) is 6.07 Å². The minimum atomic E-state index is -0.299. The molecule has 25 heavy (non-hydrogen) atoms. The minimum absolute atomic E-state index is 0.0972. The maximum atomic E-state index is 14.5. The lowest BCUT2D eigenvalue weighted by Gasteiger charge is -2.38. The van der Waals surface area contributed by atoms with E-state index in [0.717, 1.165) is 13.1 Å². The number of morpholine rings is 1. The predicted molar refractivity (Wildman–Crippen MR) is 101 cm³/mol. The Kier molecular flexibility index (Phi) is 7.68. The van der Waals surface area contributed by atoms with E-state index in [1.807, 2.05) is 6.92 Å². The third kappa shape index (κ3) is 5.42. The zero-order chi connectivity index (χ0) is 18.2. The first kappa shape index (κ1) is 19.7. The van der Waals surface area contributed by atoms with E-state index >= 15 is 0 Å². The third-order valence-electron chi connectivity index (χ3n) is 4.15. The highest BCUT2D eigenvalue weighted by atomic mass is 35.5. The van der Waals surface area contributed by atoms with Gasteiger partial charge in [-0.3, -0.25) is 9.89 Å². The number of hydrogen-bond acceptors (Lipinski definition) is 3. The smallest absolute Gasteiger partial charge is 0.191 e. The van der Waals surface area contributed by atoms with Gasteiger partial charge in [0.15, 0.2) is 5.96 Å². The van der Waals surface area contributed by atoms with Crippen molar-refractivity contribution in [3.05, 3.63) is 47.3 Å². The summed E-state index contributed by atoms with van der Waals surface area (Å²) in [5, 5.41) is 6.80. The van der Waals surface area contributed by atoms with Crippen LogP contribution < -0.4 is 10.6 Å². The number of hydrogen-bond donors (Lipinski definition) is 2. The van der Waals surface area contributed by atoms with E-state index in [2.05, 4.69) is 27.1 Å². The number of guanidine groups is 1. The normalized spacial score (nSPS) is 20.2. The average molecular weight is 369 g/mol. The number of nitrogens with one attached hydrogen (secondary N) is 2. The Bertz CT molecular complexity index is 590. The Morgan fingerprint density at radius 3 is 3.00 bits per heavy atom. The van der Waals surface area contributed by atoms with Crippen LogP contribution in [-0.2, 0) is 4.74 Å². The van der Waals surface area contributed by atoms with Crippen LogP contribution in [-0.4, -0.2) is 56.8 Å². The van der Waals surface area contributed by atoms with Crippen molar-refractivity contribution in [3.63, 3.8) is 0 Å². The summed E-state index contributed by atoms with van der Waals surface area (Å²) < 4.78 is 20.2. The highest BCUT2D eigenvalue weighted by Gasteiger charge is 2.29. The van der Waals surface area contributed by atoms with Gasteiger partial charge in [0.05, 0.1) is 18.8 Å². The van der Waals surface area contributed by atoms with Gasteiger partial charge in [0.1, 0.15) is 5.82 Å². The van der Waals surface area contributed by atoms with Crippen LogP contribution in [0.15, 0.2) is 35.8 Å². The lowest BCUT2D eigenvalue weighted by molar-refractivity contribution is -0.0343. The van der Waals surface area contributed by atoms with Crippen LogP contribution in [0.1, 0.15) is 18.5 Å². The number of halogens is 2. The molecule has 1 fully saturated rings. The summed E-state index contributed by atoms with van der Waals surface area (Å²) in [5.74, 6) is 0.339. The largest absolute Gasteiger partial charge is 0.376 e. The monoisotopic (exact) mass is 368 g/mol. The Morgan fingerprint density at radius 1 is 1.56 bits per heavy atom. The number of benzene rings is 1. The average Bonchev–Trinajstić information content (AvgIpc) is 2.59. The molecular weight excluding hydrogens is 343 g/mol. The van der Waals surface area contributed by atoms with E-state index in [4.69, 9.17) is 16.3 Å². The molecule has 0 amide bonds. The molecule has 0 bridgehead atoms. The number of rotatable bonds is 6. The van der Waals surface area contributed by atoms with E-state index in [0.29, 0.717) is 36.2 Å². The van der Waals surface area contributed by atoms with E-state index < -0.39 is 0 Å². The molecule has 0 saturated carbocycles. The van der Waals surface area contributed by atoms with Crippen molar-refractivity contribution in [3.8, 4) is 0 Å².